The van der Waals surface area contributed by atoms with E-state index in [0.717, 1.165) is 34.1 Å². The van der Waals surface area contributed by atoms with Crippen LogP contribution >= 0.6 is 22.7 Å². The first-order chi connectivity index (χ1) is 27.0. The molecule has 5 heterocycles. The topological polar surface area (TPSA) is 23.4 Å². The number of benzene rings is 7. The van der Waals surface area contributed by atoms with Gasteiger partial charge in [-0.1, -0.05) is 120 Å². The van der Waals surface area contributed by atoms with Crippen LogP contribution in [0.2, 0.25) is 0 Å². The molecule has 2 aliphatic rings. The van der Waals surface area contributed by atoms with Crippen molar-refractivity contribution >= 4 is 108 Å². The van der Waals surface area contributed by atoms with Crippen LogP contribution in [0, 0.1) is 0 Å². The van der Waals surface area contributed by atoms with Crippen LogP contribution in [0.1, 0.15) is 52.7 Å². The molecular weight excluding hydrogens is 722 g/mol. The van der Waals surface area contributed by atoms with Gasteiger partial charge in [-0.15, -0.1) is 22.7 Å². The molecule has 0 saturated heterocycles. The van der Waals surface area contributed by atoms with E-state index in [1.165, 1.54) is 84.2 Å². The van der Waals surface area contributed by atoms with Gasteiger partial charge in [0.05, 0.1) is 16.7 Å². The van der Waals surface area contributed by atoms with Gasteiger partial charge in [0.1, 0.15) is 23.0 Å². The molecule has 10 aromatic rings. The van der Waals surface area contributed by atoms with Gasteiger partial charge >= 0.3 is 0 Å². The van der Waals surface area contributed by atoms with Crippen LogP contribution in [-0.4, -0.2) is 11.3 Å². The maximum Gasteiger partial charge on any atom is 0.260 e. The van der Waals surface area contributed by atoms with Gasteiger partial charge < -0.3 is 14.0 Å². The molecule has 0 N–H and O–H groups in total. The zero-order chi connectivity index (χ0) is 37.8. The van der Waals surface area contributed by atoms with Gasteiger partial charge in [-0.3, -0.25) is 0 Å². The summed E-state index contributed by atoms with van der Waals surface area (Å²) in [5.41, 5.74) is 9.53. The Balaban J connectivity index is 1.20. The van der Waals surface area contributed by atoms with Gasteiger partial charge in [-0.05, 0) is 63.2 Å². The predicted molar refractivity (Wildman–Crippen MR) is 242 cm³/mol. The Morgan fingerprint density at radius 1 is 0.500 bits per heavy atom. The van der Waals surface area contributed by atoms with E-state index in [1.54, 1.807) is 0 Å². The van der Waals surface area contributed by atoms with Crippen molar-refractivity contribution in [2.75, 3.05) is 0 Å². The van der Waals surface area contributed by atoms with Crippen LogP contribution in [0.25, 0.3) is 67.8 Å². The highest BCUT2D eigenvalue weighted by Gasteiger charge is 2.42. The number of nitrogens with zero attached hydrogens (tertiary/aromatic N) is 1. The summed E-state index contributed by atoms with van der Waals surface area (Å²) in [7, 11) is 0. The van der Waals surface area contributed by atoms with E-state index in [0.29, 0.717) is 0 Å². The molecule has 0 saturated carbocycles. The highest BCUT2D eigenvalue weighted by atomic mass is 32.1. The van der Waals surface area contributed by atoms with Gasteiger partial charge in [-0.25, -0.2) is 0 Å². The van der Waals surface area contributed by atoms with Crippen molar-refractivity contribution < 1.29 is 9.47 Å². The first-order valence-corrected chi connectivity index (χ1v) is 21.2. The third-order valence-corrected chi connectivity index (χ3v) is 14.6. The molecule has 12 rings (SSSR count). The van der Waals surface area contributed by atoms with Gasteiger partial charge in [-0.2, -0.15) is 0 Å². The Morgan fingerprint density at radius 3 is 1.54 bits per heavy atom. The van der Waals surface area contributed by atoms with E-state index < -0.39 is 0 Å². The third kappa shape index (κ3) is 4.40. The normalized spacial score (nSPS) is 13.8. The molecule has 7 aromatic carbocycles. The fourth-order valence-corrected chi connectivity index (χ4v) is 12.0. The summed E-state index contributed by atoms with van der Waals surface area (Å²) in [6, 6.07) is 44.9. The fraction of sp³-hybridized carbons (Fsp3) is 0.160. The molecule has 0 radical (unpaired) electrons. The smallest absolute Gasteiger partial charge is 0.260 e. The Bertz CT molecular complexity index is 3230. The molecule has 0 atom stereocenters. The summed E-state index contributed by atoms with van der Waals surface area (Å²) in [6.07, 6.45) is 0. The summed E-state index contributed by atoms with van der Waals surface area (Å²) in [4.78, 5) is 0. The Kier molecular flexibility index (Phi) is 6.45. The van der Waals surface area contributed by atoms with Gasteiger partial charge in [0, 0.05) is 68.7 Å². The molecule has 270 valence electrons. The summed E-state index contributed by atoms with van der Waals surface area (Å²) in [5, 5.41) is 7.85. The monoisotopic (exact) mass is 759 g/mol. The van der Waals surface area contributed by atoms with Crippen molar-refractivity contribution in [3.63, 3.8) is 0 Å². The van der Waals surface area contributed by atoms with Gasteiger partial charge in [0.25, 0.3) is 6.71 Å². The summed E-state index contributed by atoms with van der Waals surface area (Å²) >= 11 is 3.83. The molecule has 3 nitrogen and oxygen atoms in total. The SMILES string of the molecule is CC(C)(C)c1ccc2c(c1)B1c3cc(C(C)(C)C)ccc3Oc3cc(-n4c5ccccc5c5c6sc7ccccc7c6c6sc7ccccc7c6c54)cc(c31)O2. The van der Waals surface area contributed by atoms with E-state index >= 15 is 0 Å². The minimum absolute atomic E-state index is 0.00320. The lowest BCUT2D eigenvalue weighted by Crippen LogP contribution is -2.57. The molecule has 2 aliphatic heterocycles. The van der Waals surface area contributed by atoms with Crippen LogP contribution in [0.4, 0.5) is 0 Å². The molecule has 56 heavy (non-hydrogen) atoms. The van der Waals surface area contributed by atoms with Crippen LogP contribution in [-0.2, 0) is 10.8 Å². The third-order valence-electron chi connectivity index (χ3n) is 12.2. The Morgan fingerprint density at radius 2 is 0.982 bits per heavy atom. The first kappa shape index (κ1) is 32.7. The zero-order valence-electron chi connectivity index (χ0n) is 32.2. The van der Waals surface area contributed by atoms with Gasteiger partial charge in [0.2, 0.25) is 0 Å². The molecule has 0 amide bonds. The van der Waals surface area contributed by atoms with Crippen molar-refractivity contribution in [2.24, 2.45) is 0 Å². The lowest BCUT2D eigenvalue weighted by atomic mass is 9.34. The van der Waals surface area contributed by atoms with Crippen LogP contribution in [0.15, 0.2) is 121 Å². The maximum absolute atomic E-state index is 7.03. The fourth-order valence-electron chi connectivity index (χ4n) is 9.43. The van der Waals surface area contributed by atoms with Crippen molar-refractivity contribution in [3.05, 3.63) is 132 Å². The molecule has 6 heteroatoms. The number of rotatable bonds is 1. The van der Waals surface area contributed by atoms with E-state index in [9.17, 15) is 0 Å². The summed E-state index contributed by atoms with van der Waals surface area (Å²) in [5.74, 6) is 3.53. The van der Waals surface area contributed by atoms with E-state index in [-0.39, 0.29) is 17.5 Å². The maximum atomic E-state index is 7.03. The number of thiophene rings is 2. The second-order valence-electron chi connectivity index (χ2n) is 17.7. The van der Waals surface area contributed by atoms with Crippen molar-refractivity contribution in [3.8, 4) is 28.7 Å². The Hall–Kier alpha value is -5.56. The quantitative estimate of drug-likeness (QED) is 0.156. The van der Waals surface area contributed by atoms with E-state index in [4.69, 9.17) is 9.47 Å². The molecule has 0 unspecified atom stereocenters. The van der Waals surface area contributed by atoms with Gasteiger partial charge in [0.15, 0.2) is 0 Å². The largest absolute Gasteiger partial charge is 0.458 e. The molecule has 0 spiro atoms. The summed E-state index contributed by atoms with van der Waals surface area (Å²) in [6.45, 7) is 13.7. The van der Waals surface area contributed by atoms with Crippen molar-refractivity contribution in [2.45, 2.75) is 52.4 Å². The standard InChI is InChI=1S/C50H38BNO2S2/c1-49(2,3)27-19-21-36-33(23-27)51-34-24-28(50(4,5)6)20-22-37(34)54-39-26-29(25-38(53-36)45(39)51)52-35-16-10-7-13-30(35)42-46(52)43-31-14-8-11-17-40(31)55-48(43)44-32-15-9-12-18-41(32)56-47(42)44/h7-26H,1-6H3. The number of aromatic nitrogens is 1. The van der Waals surface area contributed by atoms with Crippen LogP contribution in [0.5, 0.6) is 23.0 Å². The molecule has 0 bridgehead atoms. The van der Waals surface area contributed by atoms with E-state index in [1.807, 2.05) is 22.7 Å². The average molecular weight is 760 g/mol. The predicted octanol–water partition coefficient (Wildman–Crippen LogP) is 12.8. The highest BCUT2D eigenvalue weighted by molar-refractivity contribution is 7.30. The zero-order valence-corrected chi connectivity index (χ0v) is 33.8. The number of hydrogen-bond acceptors (Lipinski definition) is 4. The average Bonchev–Trinajstić information content (AvgIpc) is 3.86. The molecule has 3 aromatic heterocycles. The minimum Gasteiger partial charge on any atom is -0.458 e. The second kappa shape index (κ2) is 11.1. The first-order valence-electron chi connectivity index (χ1n) is 19.5. The number of hydrogen-bond donors (Lipinski definition) is 0. The summed E-state index contributed by atoms with van der Waals surface area (Å²) < 4.78 is 21.9. The van der Waals surface area contributed by atoms with Crippen molar-refractivity contribution in [1.29, 1.82) is 0 Å². The number of ether oxygens (including phenoxy) is 2. The molecule has 0 aliphatic carbocycles. The van der Waals surface area contributed by atoms with Crippen molar-refractivity contribution in [1.82, 2.24) is 4.57 Å². The highest BCUT2D eigenvalue weighted by Crippen LogP contribution is 2.52. The molecular formula is C50H38BNO2S2. The van der Waals surface area contributed by atoms with E-state index in [2.05, 4.69) is 167 Å². The van der Waals surface area contributed by atoms with Crippen LogP contribution in [0.3, 0.4) is 0 Å². The minimum atomic E-state index is -0.0185. The number of fused-ring (bicyclic) bond motifs is 16. The number of para-hydroxylation sites is 1. The van der Waals surface area contributed by atoms with Crippen LogP contribution < -0.4 is 25.9 Å². The molecule has 0 fully saturated rings. The lowest BCUT2D eigenvalue weighted by Gasteiger charge is -2.35. The Labute approximate surface area is 333 Å². The lowest BCUT2D eigenvalue weighted by molar-refractivity contribution is 0.463. The second-order valence-corrected chi connectivity index (χ2v) is 19.8.